The summed E-state index contributed by atoms with van der Waals surface area (Å²) < 4.78 is 0. The Bertz CT molecular complexity index is 379. The van der Waals surface area contributed by atoms with Crippen molar-refractivity contribution in [3.05, 3.63) is 34.9 Å². The van der Waals surface area contributed by atoms with Crippen LogP contribution in [0.1, 0.15) is 38.2 Å². The minimum Gasteiger partial charge on any atom is -0.356 e. The van der Waals surface area contributed by atoms with Gasteiger partial charge in [-0.15, -0.1) is 0 Å². The third-order valence-corrected chi connectivity index (χ3v) is 3.39. The molecule has 0 radical (unpaired) electrons. The molecule has 0 saturated heterocycles. The molecule has 0 spiro atoms. The molecule has 0 aromatic heterocycles. The van der Waals surface area contributed by atoms with E-state index in [2.05, 4.69) is 17.6 Å². The summed E-state index contributed by atoms with van der Waals surface area (Å²) in [6, 6.07) is 7.87. The molecule has 1 aromatic carbocycles. The second kappa shape index (κ2) is 10.7. The fourth-order valence-corrected chi connectivity index (χ4v) is 2.03. The van der Waals surface area contributed by atoms with Gasteiger partial charge in [0.1, 0.15) is 0 Å². The van der Waals surface area contributed by atoms with Crippen LogP contribution in [-0.2, 0) is 11.2 Å². The lowest BCUT2D eigenvalue weighted by atomic mass is 10.1. The molecule has 112 valence electrons. The summed E-state index contributed by atoms with van der Waals surface area (Å²) in [5.74, 6) is 0.139. The highest BCUT2D eigenvalue weighted by molar-refractivity contribution is 6.30. The maximum atomic E-state index is 11.5. The van der Waals surface area contributed by atoms with E-state index >= 15 is 0 Å². The summed E-state index contributed by atoms with van der Waals surface area (Å²) in [6.07, 6.45) is 4.94. The second-order valence-corrected chi connectivity index (χ2v) is 5.37. The van der Waals surface area contributed by atoms with Crippen LogP contribution in [0.3, 0.4) is 0 Å². The van der Waals surface area contributed by atoms with E-state index in [4.69, 9.17) is 11.6 Å². The number of hydrogen-bond donors (Lipinski definition) is 2. The molecule has 0 saturated carbocycles. The van der Waals surface area contributed by atoms with E-state index in [1.54, 1.807) is 0 Å². The number of halogens is 1. The van der Waals surface area contributed by atoms with Crippen molar-refractivity contribution in [2.75, 3.05) is 19.6 Å². The van der Waals surface area contributed by atoms with Crippen LogP contribution in [0.2, 0.25) is 5.02 Å². The molecular weight excluding hydrogens is 272 g/mol. The highest BCUT2D eigenvalue weighted by Gasteiger charge is 1.99. The fraction of sp³-hybridized carbons (Fsp3) is 0.562. The monoisotopic (exact) mass is 296 g/mol. The molecule has 0 atom stereocenters. The fourth-order valence-electron chi connectivity index (χ4n) is 1.90. The summed E-state index contributed by atoms with van der Waals surface area (Å²) in [7, 11) is 0. The number of benzene rings is 1. The third-order valence-electron chi connectivity index (χ3n) is 3.14. The van der Waals surface area contributed by atoms with Gasteiger partial charge in [-0.3, -0.25) is 4.79 Å². The first kappa shape index (κ1) is 17.0. The van der Waals surface area contributed by atoms with Crippen LogP contribution >= 0.6 is 11.6 Å². The third kappa shape index (κ3) is 8.18. The topological polar surface area (TPSA) is 41.1 Å². The summed E-state index contributed by atoms with van der Waals surface area (Å²) in [6.45, 7) is 4.57. The quantitative estimate of drug-likeness (QED) is 0.651. The predicted octanol–water partition coefficient (Wildman–Crippen LogP) is 3.17. The molecule has 20 heavy (non-hydrogen) atoms. The van der Waals surface area contributed by atoms with E-state index in [0.717, 1.165) is 37.5 Å². The first-order chi connectivity index (χ1) is 9.72. The van der Waals surface area contributed by atoms with Crippen molar-refractivity contribution >= 4 is 17.5 Å². The van der Waals surface area contributed by atoms with Crippen molar-refractivity contribution in [2.45, 2.75) is 39.0 Å². The van der Waals surface area contributed by atoms with Gasteiger partial charge in [0.15, 0.2) is 0 Å². The molecule has 3 nitrogen and oxygen atoms in total. The van der Waals surface area contributed by atoms with Gasteiger partial charge in [0, 0.05) is 24.5 Å². The highest BCUT2D eigenvalue weighted by Crippen LogP contribution is 2.09. The summed E-state index contributed by atoms with van der Waals surface area (Å²) in [5.41, 5.74) is 1.26. The lowest BCUT2D eigenvalue weighted by Crippen LogP contribution is -2.29. The zero-order chi connectivity index (χ0) is 14.6. The molecule has 0 heterocycles. The molecule has 2 N–H and O–H groups in total. The van der Waals surface area contributed by atoms with E-state index < -0.39 is 0 Å². The molecule has 0 bridgehead atoms. The Morgan fingerprint density at radius 3 is 2.55 bits per heavy atom. The average molecular weight is 297 g/mol. The van der Waals surface area contributed by atoms with Crippen LogP contribution in [0.15, 0.2) is 24.3 Å². The van der Waals surface area contributed by atoms with Gasteiger partial charge in [-0.2, -0.15) is 0 Å². The second-order valence-electron chi connectivity index (χ2n) is 4.93. The molecule has 0 aliphatic heterocycles. The number of unbranched alkanes of at least 4 members (excludes halogenated alkanes) is 2. The first-order valence-corrected chi connectivity index (χ1v) is 7.82. The van der Waals surface area contributed by atoms with Gasteiger partial charge in [0.25, 0.3) is 0 Å². The summed E-state index contributed by atoms with van der Waals surface area (Å²) in [4.78, 5) is 11.5. The number of hydrogen-bond acceptors (Lipinski definition) is 2. The van der Waals surface area contributed by atoms with Crippen molar-refractivity contribution in [1.29, 1.82) is 0 Å². The molecular formula is C16H25ClN2O. The summed E-state index contributed by atoms with van der Waals surface area (Å²) >= 11 is 5.83. The van der Waals surface area contributed by atoms with Crippen molar-refractivity contribution < 1.29 is 4.79 Å². The average Bonchev–Trinajstić information content (AvgIpc) is 2.45. The standard InChI is InChI=1S/C16H25ClN2O/c1-2-3-4-11-19-16(20)10-13-18-12-9-14-5-7-15(17)8-6-14/h5-8,18H,2-4,9-13H2,1H3,(H,19,20). The van der Waals surface area contributed by atoms with Crippen LogP contribution in [0.5, 0.6) is 0 Å². The number of amides is 1. The van der Waals surface area contributed by atoms with Crippen LogP contribution in [0.25, 0.3) is 0 Å². The lowest BCUT2D eigenvalue weighted by molar-refractivity contribution is -0.121. The minimum absolute atomic E-state index is 0.139. The Morgan fingerprint density at radius 1 is 1.10 bits per heavy atom. The first-order valence-electron chi connectivity index (χ1n) is 7.44. The Morgan fingerprint density at radius 2 is 1.85 bits per heavy atom. The molecule has 0 aliphatic rings. The van der Waals surface area contributed by atoms with E-state index in [9.17, 15) is 4.79 Å². The maximum absolute atomic E-state index is 11.5. The minimum atomic E-state index is 0.139. The Balaban J connectivity index is 1.98. The zero-order valence-corrected chi connectivity index (χ0v) is 13.0. The van der Waals surface area contributed by atoms with Crippen LogP contribution in [0, 0.1) is 0 Å². The van der Waals surface area contributed by atoms with Gasteiger partial charge >= 0.3 is 0 Å². The van der Waals surface area contributed by atoms with Crippen molar-refractivity contribution in [1.82, 2.24) is 10.6 Å². The lowest BCUT2D eigenvalue weighted by Gasteiger charge is -2.06. The molecule has 4 heteroatoms. The van der Waals surface area contributed by atoms with Gasteiger partial charge < -0.3 is 10.6 Å². The van der Waals surface area contributed by atoms with Crippen LogP contribution < -0.4 is 10.6 Å². The van der Waals surface area contributed by atoms with Crippen LogP contribution in [-0.4, -0.2) is 25.5 Å². The Kier molecular flexibility index (Phi) is 9.09. The molecule has 1 rings (SSSR count). The molecule has 1 amide bonds. The number of carbonyl (C=O) groups excluding carboxylic acids is 1. The number of carbonyl (C=O) groups is 1. The Labute approximate surface area is 127 Å². The maximum Gasteiger partial charge on any atom is 0.221 e. The Hall–Kier alpha value is -1.06. The van der Waals surface area contributed by atoms with Crippen molar-refractivity contribution in [3.63, 3.8) is 0 Å². The molecule has 1 aromatic rings. The smallest absolute Gasteiger partial charge is 0.221 e. The highest BCUT2D eigenvalue weighted by atomic mass is 35.5. The van der Waals surface area contributed by atoms with Gasteiger partial charge in [0.2, 0.25) is 5.91 Å². The number of rotatable bonds is 10. The van der Waals surface area contributed by atoms with Gasteiger partial charge in [-0.25, -0.2) is 0 Å². The molecule has 0 unspecified atom stereocenters. The SMILES string of the molecule is CCCCCNC(=O)CCNCCc1ccc(Cl)cc1. The summed E-state index contributed by atoms with van der Waals surface area (Å²) in [5, 5.41) is 6.99. The van der Waals surface area contributed by atoms with Crippen molar-refractivity contribution in [3.8, 4) is 0 Å². The van der Waals surface area contributed by atoms with E-state index in [-0.39, 0.29) is 5.91 Å². The predicted molar refractivity (Wildman–Crippen MR) is 85.2 cm³/mol. The van der Waals surface area contributed by atoms with Gasteiger partial charge in [-0.1, -0.05) is 43.5 Å². The number of nitrogens with one attached hydrogen (secondary N) is 2. The van der Waals surface area contributed by atoms with E-state index in [1.165, 1.54) is 18.4 Å². The largest absolute Gasteiger partial charge is 0.356 e. The van der Waals surface area contributed by atoms with E-state index in [0.29, 0.717) is 6.42 Å². The van der Waals surface area contributed by atoms with E-state index in [1.807, 2.05) is 24.3 Å². The normalized spacial score (nSPS) is 10.5. The van der Waals surface area contributed by atoms with Gasteiger partial charge in [0.05, 0.1) is 0 Å². The zero-order valence-electron chi connectivity index (χ0n) is 12.3. The van der Waals surface area contributed by atoms with Gasteiger partial charge in [-0.05, 0) is 37.1 Å². The van der Waals surface area contributed by atoms with Crippen LogP contribution in [0.4, 0.5) is 0 Å². The molecule has 0 aliphatic carbocycles. The van der Waals surface area contributed by atoms with Crippen molar-refractivity contribution in [2.24, 2.45) is 0 Å². The molecule has 0 fully saturated rings.